The van der Waals surface area contributed by atoms with Crippen molar-refractivity contribution in [1.29, 1.82) is 0 Å². The van der Waals surface area contributed by atoms with Crippen LogP contribution in [0.15, 0.2) is 27.8 Å². The standard InChI is InChI=1S/C10H9ClN2O2/c1-5-2-3-7(11)9-6(5)4-8(15-9)10(12)13-14/h2-4,14H,1H3,(H2,12,13). The predicted octanol–water partition coefficient (Wildman–Crippen LogP) is 2.49. The van der Waals surface area contributed by atoms with E-state index in [1.54, 1.807) is 12.1 Å². The fourth-order valence-electron chi connectivity index (χ4n) is 1.40. The average molecular weight is 225 g/mol. The number of oxime groups is 1. The van der Waals surface area contributed by atoms with Gasteiger partial charge in [-0.2, -0.15) is 0 Å². The molecule has 0 aliphatic heterocycles. The minimum Gasteiger partial charge on any atom is -0.451 e. The molecule has 15 heavy (non-hydrogen) atoms. The molecule has 2 aromatic rings. The Kier molecular flexibility index (Phi) is 2.28. The SMILES string of the molecule is Cc1ccc(Cl)c2oc(/C(N)=N/O)cc12. The lowest BCUT2D eigenvalue weighted by Gasteiger charge is -1.95. The van der Waals surface area contributed by atoms with Gasteiger partial charge in [-0.25, -0.2) is 0 Å². The number of nitrogens with two attached hydrogens (primary N) is 1. The first-order valence-corrected chi connectivity index (χ1v) is 4.68. The van der Waals surface area contributed by atoms with Crippen molar-refractivity contribution in [2.24, 2.45) is 10.9 Å². The Morgan fingerprint density at radius 1 is 1.53 bits per heavy atom. The van der Waals surface area contributed by atoms with Gasteiger partial charge in [-0.1, -0.05) is 22.8 Å². The van der Waals surface area contributed by atoms with Crippen LogP contribution in [0.4, 0.5) is 0 Å². The van der Waals surface area contributed by atoms with Gasteiger partial charge in [0.2, 0.25) is 5.84 Å². The number of amidine groups is 1. The normalized spacial score (nSPS) is 12.3. The Hall–Kier alpha value is -1.68. The van der Waals surface area contributed by atoms with Crippen molar-refractivity contribution in [3.63, 3.8) is 0 Å². The minimum absolute atomic E-state index is 0.0679. The van der Waals surface area contributed by atoms with Crippen molar-refractivity contribution >= 4 is 28.4 Å². The molecule has 0 saturated carbocycles. The third-order valence-corrected chi connectivity index (χ3v) is 2.51. The first-order chi connectivity index (χ1) is 7.13. The fourth-order valence-corrected chi connectivity index (χ4v) is 1.60. The number of hydrogen-bond acceptors (Lipinski definition) is 3. The van der Waals surface area contributed by atoms with Gasteiger partial charge in [-0.15, -0.1) is 0 Å². The molecule has 0 aliphatic carbocycles. The van der Waals surface area contributed by atoms with Gasteiger partial charge in [0.05, 0.1) is 5.02 Å². The Morgan fingerprint density at radius 3 is 2.87 bits per heavy atom. The van der Waals surface area contributed by atoms with Crippen molar-refractivity contribution < 1.29 is 9.62 Å². The number of halogens is 1. The van der Waals surface area contributed by atoms with Crippen molar-refractivity contribution in [3.8, 4) is 0 Å². The van der Waals surface area contributed by atoms with Gasteiger partial charge in [-0.05, 0) is 24.6 Å². The van der Waals surface area contributed by atoms with Gasteiger partial charge in [0.1, 0.15) is 0 Å². The summed E-state index contributed by atoms with van der Waals surface area (Å²) in [6.45, 7) is 1.93. The van der Waals surface area contributed by atoms with Crippen LogP contribution >= 0.6 is 11.6 Å². The zero-order valence-corrected chi connectivity index (χ0v) is 8.75. The Balaban J connectivity index is 2.75. The van der Waals surface area contributed by atoms with E-state index >= 15 is 0 Å². The van der Waals surface area contributed by atoms with Crippen LogP contribution in [0, 0.1) is 6.92 Å². The van der Waals surface area contributed by atoms with Crippen LogP contribution in [0.2, 0.25) is 5.02 Å². The highest BCUT2D eigenvalue weighted by molar-refractivity contribution is 6.35. The van der Waals surface area contributed by atoms with Crippen LogP contribution in [-0.2, 0) is 0 Å². The van der Waals surface area contributed by atoms with E-state index in [1.165, 1.54) is 0 Å². The molecule has 0 spiro atoms. The second kappa shape index (κ2) is 3.47. The summed E-state index contributed by atoms with van der Waals surface area (Å²) in [5.41, 5.74) is 7.00. The number of fused-ring (bicyclic) bond motifs is 1. The molecule has 0 aliphatic rings. The van der Waals surface area contributed by atoms with E-state index in [1.807, 2.05) is 13.0 Å². The van der Waals surface area contributed by atoms with Crippen LogP contribution in [0.3, 0.4) is 0 Å². The maximum atomic E-state index is 8.52. The minimum atomic E-state index is -0.0679. The molecule has 2 rings (SSSR count). The second-order valence-corrected chi connectivity index (χ2v) is 3.61. The van der Waals surface area contributed by atoms with Crippen LogP contribution < -0.4 is 5.73 Å². The summed E-state index contributed by atoms with van der Waals surface area (Å²) in [5.74, 6) is 0.241. The summed E-state index contributed by atoms with van der Waals surface area (Å²) < 4.78 is 5.38. The molecule has 0 saturated heterocycles. The van der Waals surface area contributed by atoms with E-state index in [4.69, 9.17) is 27.0 Å². The van der Waals surface area contributed by atoms with Gasteiger partial charge in [-0.3, -0.25) is 0 Å². The van der Waals surface area contributed by atoms with Gasteiger partial charge in [0, 0.05) is 5.39 Å². The van der Waals surface area contributed by atoms with Crippen molar-refractivity contribution in [1.82, 2.24) is 0 Å². The Bertz CT molecular complexity index is 507. The van der Waals surface area contributed by atoms with E-state index in [2.05, 4.69) is 5.16 Å². The molecule has 0 atom stereocenters. The van der Waals surface area contributed by atoms with E-state index in [0.29, 0.717) is 16.4 Å². The molecule has 0 radical (unpaired) electrons. The van der Waals surface area contributed by atoms with Gasteiger partial charge in [0.25, 0.3) is 0 Å². The number of benzene rings is 1. The summed E-state index contributed by atoms with van der Waals surface area (Å²) in [6.07, 6.45) is 0. The molecule has 4 nitrogen and oxygen atoms in total. The summed E-state index contributed by atoms with van der Waals surface area (Å²) in [4.78, 5) is 0. The fraction of sp³-hybridized carbons (Fsp3) is 0.100. The van der Waals surface area contributed by atoms with Crippen molar-refractivity contribution in [3.05, 3.63) is 34.5 Å². The molecule has 5 heteroatoms. The summed E-state index contributed by atoms with van der Waals surface area (Å²) in [5, 5.41) is 12.8. The zero-order chi connectivity index (χ0) is 11.0. The summed E-state index contributed by atoms with van der Waals surface area (Å²) in [7, 11) is 0. The predicted molar refractivity (Wildman–Crippen MR) is 58.5 cm³/mol. The monoisotopic (exact) mass is 224 g/mol. The summed E-state index contributed by atoms with van der Waals surface area (Å²) in [6, 6.07) is 5.33. The van der Waals surface area contributed by atoms with Gasteiger partial charge < -0.3 is 15.4 Å². The maximum Gasteiger partial charge on any atom is 0.205 e. The molecular weight excluding hydrogens is 216 g/mol. The number of hydrogen-bond donors (Lipinski definition) is 2. The van der Waals surface area contributed by atoms with Crippen LogP contribution in [0.5, 0.6) is 0 Å². The van der Waals surface area contributed by atoms with Gasteiger partial charge >= 0.3 is 0 Å². The van der Waals surface area contributed by atoms with E-state index in [9.17, 15) is 0 Å². The molecule has 3 N–H and O–H groups in total. The van der Waals surface area contributed by atoms with E-state index in [-0.39, 0.29) is 5.84 Å². The van der Waals surface area contributed by atoms with E-state index in [0.717, 1.165) is 10.9 Å². The molecule has 1 aromatic heterocycles. The van der Waals surface area contributed by atoms with Crippen LogP contribution in [0.25, 0.3) is 11.0 Å². The first-order valence-electron chi connectivity index (χ1n) is 4.30. The first kappa shape index (κ1) is 9.86. The highest BCUT2D eigenvalue weighted by Gasteiger charge is 2.11. The highest BCUT2D eigenvalue weighted by atomic mass is 35.5. The quantitative estimate of drug-likeness (QED) is 0.338. The third-order valence-electron chi connectivity index (χ3n) is 2.21. The smallest absolute Gasteiger partial charge is 0.205 e. The van der Waals surface area contributed by atoms with Crippen molar-refractivity contribution in [2.45, 2.75) is 6.92 Å². The number of aryl methyl sites for hydroxylation is 1. The number of furan rings is 1. The topological polar surface area (TPSA) is 71.8 Å². The number of rotatable bonds is 1. The molecule has 0 amide bonds. The zero-order valence-electron chi connectivity index (χ0n) is 7.99. The second-order valence-electron chi connectivity index (χ2n) is 3.20. The van der Waals surface area contributed by atoms with Gasteiger partial charge in [0.15, 0.2) is 11.3 Å². The van der Waals surface area contributed by atoms with E-state index < -0.39 is 0 Å². The lowest BCUT2D eigenvalue weighted by atomic mass is 10.1. The average Bonchev–Trinajstić information content (AvgIpc) is 2.68. The Labute approximate surface area is 90.9 Å². The van der Waals surface area contributed by atoms with Crippen LogP contribution in [-0.4, -0.2) is 11.0 Å². The lowest BCUT2D eigenvalue weighted by Crippen LogP contribution is -2.11. The molecule has 1 heterocycles. The molecule has 0 unspecified atom stereocenters. The highest BCUT2D eigenvalue weighted by Crippen LogP contribution is 2.29. The molecular formula is C10H9ClN2O2. The number of nitrogens with zero attached hydrogens (tertiary/aromatic N) is 1. The molecule has 0 bridgehead atoms. The van der Waals surface area contributed by atoms with Crippen molar-refractivity contribution in [2.75, 3.05) is 0 Å². The largest absolute Gasteiger partial charge is 0.451 e. The summed E-state index contributed by atoms with van der Waals surface area (Å²) >= 11 is 5.95. The molecule has 78 valence electrons. The molecule has 1 aromatic carbocycles. The third kappa shape index (κ3) is 1.53. The lowest BCUT2D eigenvalue weighted by molar-refractivity contribution is 0.317. The Morgan fingerprint density at radius 2 is 2.27 bits per heavy atom. The maximum absolute atomic E-state index is 8.52. The molecule has 0 fully saturated rings. The van der Waals surface area contributed by atoms with Crippen LogP contribution in [0.1, 0.15) is 11.3 Å².